The summed E-state index contributed by atoms with van der Waals surface area (Å²) in [7, 11) is 0. The third-order valence-corrected chi connectivity index (χ3v) is 5.20. The monoisotopic (exact) mass is 481 g/mol. The molecule has 2 N–H and O–H groups in total. The van der Waals surface area contributed by atoms with Crippen molar-refractivity contribution >= 4 is 21.8 Å². The molecule has 0 heterocycles. The SMILES string of the molecule is CC(C)C[C@H](NC1(C#N)CC1)C(=O)N[C@@H](c1ccc(Br)cc1)C(F)(F)C(F)(F)F. The Kier molecular flexibility index (Phi) is 6.95. The van der Waals surface area contributed by atoms with Gasteiger partial charge in [0, 0.05) is 4.47 Å². The van der Waals surface area contributed by atoms with Gasteiger partial charge in [0.05, 0.1) is 12.1 Å². The maximum Gasteiger partial charge on any atom is 0.455 e. The topological polar surface area (TPSA) is 64.9 Å². The number of halogens is 6. The summed E-state index contributed by atoms with van der Waals surface area (Å²) in [4.78, 5) is 12.7. The summed E-state index contributed by atoms with van der Waals surface area (Å²) in [6.45, 7) is 3.56. The van der Waals surface area contributed by atoms with E-state index in [1.54, 1.807) is 13.8 Å². The molecule has 0 saturated heterocycles. The molecule has 1 saturated carbocycles. The maximum absolute atomic E-state index is 14.3. The van der Waals surface area contributed by atoms with E-state index < -0.39 is 35.6 Å². The molecule has 1 aromatic rings. The van der Waals surface area contributed by atoms with Crippen molar-refractivity contribution < 1.29 is 26.7 Å². The molecule has 10 heteroatoms. The number of benzene rings is 1. The molecule has 2 atom stereocenters. The minimum absolute atomic E-state index is 0.0537. The first-order chi connectivity index (χ1) is 13.3. The van der Waals surface area contributed by atoms with Gasteiger partial charge in [-0.1, -0.05) is 41.9 Å². The van der Waals surface area contributed by atoms with Crippen LogP contribution in [0.2, 0.25) is 0 Å². The zero-order valence-corrected chi connectivity index (χ0v) is 17.4. The highest BCUT2D eigenvalue weighted by Gasteiger charge is 2.63. The second-order valence-electron chi connectivity index (χ2n) is 7.63. The molecule has 0 bridgehead atoms. The van der Waals surface area contributed by atoms with Crippen LogP contribution < -0.4 is 10.6 Å². The number of hydrogen-bond acceptors (Lipinski definition) is 3. The van der Waals surface area contributed by atoms with Crippen LogP contribution in [-0.4, -0.2) is 29.6 Å². The molecule has 160 valence electrons. The maximum atomic E-state index is 14.3. The number of carbonyl (C=O) groups excluding carboxylic acids is 1. The van der Waals surface area contributed by atoms with E-state index in [9.17, 15) is 32.0 Å². The third kappa shape index (κ3) is 5.66. The number of carbonyl (C=O) groups is 1. The van der Waals surface area contributed by atoms with Gasteiger partial charge in [0.25, 0.3) is 0 Å². The van der Waals surface area contributed by atoms with Crippen LogP contribution in [-0.2, 0) is 4.79 Å². The standard InChI is InChI=1S/C19H21BrF5N3O/c1-11(2)9-14(28-17(10-26)7-8-17)16(29)27-15(18(21,22)19(23,24)25)12-3-5-13(20)6-4-12/h3-6,11,14-15,28H,7-9H2,1-2H3,(H,27,29)/t14-,15-/m0/s1. The molecule has 4 nitrogen and oxygen atoms in total. The van der Waals surface area contributed by atoms with E-state index >= 15 is 0 Å². The Morgan fingerprint density at radius 1 is 1.21 bits per heavy atom. The lowest BCUT2D eigenvalue weighted by atomic mass is 9.97. The van der Waals surface area contributed by atoms with Crippen molar-refractivity contribution in [1.82, 2.24) is 10.6 Å². The molecule has 1 aliphatic rings. The molecular formula is C19H21BrF5N3O. The molecule has 2 rings (SSSR count). The van der Waals surface area contributed by atoms with Gasteiger partial charge in [-0.25, -0.2) is 0 Å². The van der Waals surface area contributed by atoms with E-state index in [-0.39, 0.29) is 17.9 Å². The number of nitrogens with one attached hydrogen (secondary N) is 2. The van der Waals surface area contributed by atoms with Gasteiger partial charge in [-0.3, -0.25) is 10.1 Å². The van der Waals surface area contributed by atoms with Gasteiger partial charge in [-0.15, -0.1) is 0 Å². The van der Waals surface area contributed by atoms with Crippen molar-refractivity contribution in [2.24, 2.45) is 5.92 Å². The molecule has 1 fully saturated rings. The summed E-state index contributed by atoms with van der Waals surface area (Å²) in [5.41, 5.74) is -1.31. The summed E-state index contributed by atoms with van der Waals surface area (Å²) in [5, 5.41) is 13.9. The smallest absolute Gasteiger partial charge is 0.342 e. The highest BCUT2D eigenvalue weighted by Crippen LogP contribution is 2.45. The number of hydrogen-bond donors (Lipinski definition) is 2. The third-order valence-electron chi connectivity index (χ3n) is 4.67. The molecule has 0 aliphatic heterocycles. The summed E-state index contributed by atoms with van der Waals surface area (Å²) < 4.78 is 68.2. The van der Waals surface area contributed by atoms with Gasteiger partial charge in [0.2, 0.25) is 5.91 Å². The van der Waals surface area contributed by atoms with Crippen molar-refractivity contribution in [2.45, 2.75) is 62.8 Å². The average Bonchev–Trinajstić information content (AvgIpc) is 3.38. The summed E-state index contributed by atoms with van der Waals surface area (Å²) >= 11 is 3.10. The van der Waals surface area contributed by atoms with Crippen molar-refractivity contribution in [3.8, 4) is 6.07 Å². The predicted octanol–water partition coefficient (Wildman–Crippen LogP) is 4.86. The zero-order chi connectivity index (χ0) is 22.0. The fourth-order valence-corrected chi connectivity index (χ4v) is 3.16. The number of nitriles is 1. The molecular weight excluding hydrogens is 461 g/mol. The number of nitrogens with zero attached hydrogens (tertiary/aromatic N) is 1. The lowest BCUT2D eigenvalue weighted by Gasteiger charge is -2.32. The zero-order valence-electron chi connectivity index (χ0n) is 15.8. The molecule has 0 aromatic heterocycles. The molecule has 1 amide bonds. The van der Waals surface area contributed by atoms with E-state index in [4.69, 9.17) is 0 Å². The molecule has 0 unspecified atom stereocenters. The predicted molar refractivity (Wildman–Crippen MR) is 100.0 cm³/mol. The van der Waals surface area contributed by atoms with Gasteiger partial charge in [0.15, 0.2) is 0 Å². The van der Waals surface area contributed by atoms with Crippen LogP contribution in [0.4, 0.5) is 22.0 Å². The molecule has 29 heavy (non-hydrogen) atoms. The van der Waals surface area contributed by atoms with Crippen LogP contribution in [0.5, 0.6) is 0 Å². The van der Waals surface area contributed by atoms with Gasteiger partial charge in [-0.05, 0) is 42.9 Å². The van der Waals surface area contributed by atoms with E-state index in [0.717, 1.165) is 12.1 Å². The first-order valence-electron chi connectivity index (χ1n) is 9.00. The van der Waals surface area contributed by atoms with E-state index in [2.05, 4.69) is 21.2 Å². The summed E-state index contributed by atoms with van der Waals surface area (Å²) in [6.07, 6.45) is -4.70. The molecule has 0 radical (unpaired) electrons. The van der Waals surface area contributed by atoms with Gasteiger partial charge in [-0.2, -0.15) is 27.2 Å². The van der Waals surface area contributed by atoms with Crippen molar-refractivity contribution in [1.29, 1.82) is 5.26 Å². The Bertz CT molecular complexity index is 770. The Morgan fingerprint density at radius 2 is 1.76 bits per heavy atom. The van der Waals surface area contributed by atoms with Crippen molar-refractivity contribution in [2.75, 3.05) is 0 Å². The molecule has 0 spiro atoms. The van der Waals surface area contributed by atoms with Crippen LogP contribution in [0.15, 0.2) is 28.7 Å². The minimum Gasteiger partial charge on any atom is -0.342 e. The van der Waals surface area contributed by atoms with Gasteiger partial charge < -0.3 is 5.32 Å². The quantitative estimate of drug-likeness (QED) is 0.520. The minimum atomic E-state index is -5.86. The Morgan fingerprint density at radius 3 is 2.17 bits per heavy atom. The lowest BCUT2D eigenvalue weighted by molar-refractivity contribution is -0.293. The number of alkyl halides is 5. The van der Waals surface area contributed by atoms with Crippen molar-refractivity contribution in [3.05, 3.63) is 34.3 Å². The lowest BCUT2D eigenvalue weighted by Crippen LogP contribution is -2.55. The largest absolute Gasteiger partial charge is 0.455 e. The Balaban J connectivity index is 2.33. The highest BCUT2D eigenvalue weighted by molar-refractivity contribution is 9.10. The number of rotatable bonds is 8. The van der Waals surface area contributed by atoms with Crippen LogP contribution in [0.3, 0.4) is 0 Å². The van der Waals surface area contributed by atoms with E-state index in [0.29, 0.717) is 17.3 Å². The average molecular weight is 482 g/mol. The second-order valence-corrected chi connectivity index (χ2v) is 8.55. The van der Waals surface area contributed by atoms with Gasteiger partial charge >= 0.3 is 12.1 Å². The first-order valence-corrected chi connectivity index (χ1v) is 9.80. The van der Waals surface area contributed by atoms with E-state index in [1.165, 1.54) is 12.1 Å². The van der Waals surface area contributed by atoms with Crippen LogP contribution in [0.25, 0.3) is 0 Å². The van der Waals surface area contributed by atoms with Crippen LogP contribution >= 0.6 is 15.9 Å². The fraction of sp³-hybridized carbons (Fsp3) is 0.579. The first kappa shape index (κ1) is 23.5. The Labute approximate surface area is 174 Å². The van der Waals surface area contributed by atoms with Gasteiger partial charge in [0.1, 0.15) is 11.6 Å². The van der Waals surface area contributed by atoms with E-state index in [1.807, 2.05) is 11.4 Å². The second kappa shape index (κ2) is 8.56. The number of amides is 1. The van der Waals surface area contributed by atoms with Crippen LogP contribution in [0.1, 0.15) is 44.7 Å². The van der Waals surface area contributed by atoms with Crippen LogP contribution in [0, 0.1) is 17.2 Å². The summed E-state index contributed by atoms with van der Waals surface area (Å²) in [6, 6.07) is 3.19. The van der Waals surface area contributed by atoms with Crippen molar-refractivity contribution in [3.63, 3.8) is 0 Å². The normalized spacial score (nSPS) is 18.1. The highest BCUT2D eigenvalue weighted by atomic mass is 79.9. The fourth-order valence-electron chi connectivity index (χ4n) is 2.89. The molecule has 1 aromatic carbocycles. The summed E-state index contributed by atoms with van der Waals surface area (Å²) in [5.74, 6) is -6.25. The Hall–Kier alpha value is -1.73. The molecule has 1 aliphatic carbocycles.